The third-order valence-corrected chi connectivity index (χ3v) is 4.44. The van der Waals surface area contributed by atoms with E-state index in [1.54, 1.807) is 0 Å². The molecule has 0 heterocycles. The van der Waals surface area contributed by atoms with E-state index < -0.39 is 11.8 Å². The number of nitrogens with one attached hydrogen (secondary N) is 2. The van der Waals surface area contributed by atoms with E-state index in [1.807, 2.05) is 56.3 Å². The number of benzene rings is 2. The molecule has 0 aliphatic carbocycles. The van der Waals surface area contributed by atoms with E-state index >= 15 is 0 Å². The lowest BCUT2D eigenvalue weighted by Gasteiger charge is -2.21. The number of rotatable bonds is 6. The van der Waals surface area contributed by atoms with Gasteiger partial charge in [-0.25, -0.2) is 0 Å². The summed E-state index contributed by atoms with van der Waals surface area (Å²) in [4.78, 5) is 26.7. The summed E-state index contributed by atoms with van der Waals surface area (Å²) in [6, 6.07) is 13.3. The van der Waals surface area contributed by atoms with E-state index in [0.717, 1.165) is 36.3 Å². The molecule has 0 aromatic heterocycles. The van der Waals surface area contributed by atoms with E-state index in [-0.39, 0.29) is 0 Å². The molecule has 0 aliphatic rings. The molecule has 2 aromatic rings. The summed E-state index contributed by atoms with van der Waals surface area (Å²) < 4.78 is 0. The zero-order valence-electron chi connectivity index (χ0n) is 15.9. The second kappa shape index (κ2) is 9.04. The Morgan fingerprint density at radius 3 is 2.08 bits per heavy atom. The number of aryl methyl sites for hydroxylation is 2. The van der Waals surface area contributed by atoms with E-state index in [0.29, 0.717) is 11.4 Å². The average Bonchev–Trinajstić information content (AvgIpc) is 2.65. The van der Waals surface area contributed by atoms with Gasteiger partial charge in [-0.2, -0.15) is 0 Å². The van der Waals surface area contributed by atoms with Gasteiger partial charge in [0.15, 0.2) is 0 Å². The van der Waals surface area contributed by atoms with Crippen molar-refractivity contribution in [2.45, 2.75) is 34.1 Å². The Kier molecular flexibility index (Phi) is 6.78. The minimum Gasteiger partial charge on any atom is -0.372 e. The molecule has 2 amide bonds. The monoisotopic (exact) mass is 353 g/mol. The molecule has 138 valence electrons. The fourth-order valence-corrected chi connectivity index (χ4v) is 2.90. The lowest BCUT2D eigenvalue weighted by molar-refractivity contribution is -0.133. The number of hydrogen-bond acceptors (Lipinski definition) is 3. The zero-order valence-corrected chi connectivity index (χ0v) is 15.9. The molecule has 5 nitrogen and oxygen atoms in total. The van der Waals surface area contributed by atoms with Crippen molar-refractivity contribution in [2.24, 2.45) is 0 Å². The molecule has 0 saturated carbocycles. The normalized spacial score (nSPS) is 10.3. The maximum atomic E-state index is 12.3. The second-order valence-corrected chi connectivity index (χ2v) is 6.09. The molecule has 0 atom stereocenters. The first-order valence-electron chi connectivity index (χ1n) is 9.05. The largest absolute Gasteiger partial charge is 0.372 e. The van der Waals surface area contributed by atoms with Crippen molar-refractivity contribution in [3.05, 3.63) is 53.6 Å². The summed E-state index contributed by atoms with van der Waals surface area (Å²) >= 11 is 0. The van der Waals surface area contributed by atoms with Gasteiger partial charge < -0.3 is 15.5 Å². The van der Waals surface area contributed by atoms with Gasteiger partial charge in [0.2, 0.25) is 0 Å². The molecule has 2 aromatic carbocycles. The predicted molar refractivity (Wildman–Crippen MR) is 108 cm³/mol. The van der Waals surface area contributed by atoms with Crippen LogP contribution in [0, 0.1) is 6.92 Å². The standard InChI is InChI=1S/C21H27N3O2/c1-5-16-10-8-9-15(4)19(16)23-21(26)20(25)22-17-11-13-18(14-12-17)24(6-2)7-3/h8-14H,5-7H2,1-4H3,(H,22,25)(H,23,26). The molecular weight excluding hydrogens is 326 g/mol. The van der Waals surface area contributed by atoms with E-state index in [2.05, 4.69) is 29.4 Å². The Hall–Kier alpha value is -2.82. The van der Waals surface area contributed by atoms with Gasteiger partial charge in [-0.1, -0.05) is 25.1 Å². The number of para-hydroxylation sites is 1. The molecule has 0 unspecified atom stereocenters. The Balaban J connectivity index is 2.05. The molecule has 0 spiro atoms. The van der Waals surface area contributed by atoms with Gasteiger partial charge in [0.1, 0.15) is 0 Å². The van der Waals surface area contributed by atoms with Crippen LogP contribution in [0.5, 0.6) is 0 Å². The van der Waals surface area contributed by atoms with E-state index in [9.17, 15) is 9.59 Å². The van der Waals surface area contributed by atoms with Crippen molar-refractivity contribution in [3.63, 3.8) is 0 Å². The van der Waals surface area contributed by atoms with Crippen LogP contribution in [0.3, 0.4) is 0 Å². The third kappa shape index (κ3) is 4.63. The second-order valence-electron chi connectivity index (χ2n) is 6.09. The maximum absolute atomic E-state index is 12.3. The number of carbonyl (C=O) groups excluding carboxylic acids is 2. The lowest BCUT2D eigenvalue weighted by atomic mass is 10.1. The number of amides is 2. The van der Waals surface area contributed by atoms with E-state index in [1.165, 1.54) is 0 Å². The average molecular weight is 353 g/mol. The van der Waals surface area contributed by atoms with Crippen LogP contribution in [0.25, 0.3) is 0 Å². The molecule has 26 heavy (non-hydrogen) atoms. The highest BCUT2D eigenvalue weighted by Crippen LogP contribution is 2.21. The third-order valence-electron chi connectivity index (χ3n) is 4.44. The summed E-state index contributed by atoms with van der Waals surface area (Å²) in [5, 5.41) is 5.39. The van der Waals surface area contributed by atoms with Crippen molar-refractivity contribution in [1.29, 1.82) is 0 Å². The molecule has 2 N–H and O–H groups in total. The Labute approximate surface area is 155 Å². The fourth-order valence-electron chi connectivity index (χ4n) is 2.90. The first-order valence-corrected chi connectivity index (χ1v) is 9.05. The fraction of sp³-hybridized carbons (Fsp3) is 0.333. The molecule has 0 bridgehead atoms. The van der Waals surface area contributed by atoms with Crippen LogP contribution < -0.4 is 15.5 Å². The lowest BCUT2D eigenvalue weighted by Crippen LogP contribution is -2.29. The maximum Gasteiger partial charge on any atom is 0.314 e. The summed E-state index contributed by atoms with van der Waals surface area (Å²) in [6.45, 7) is 9.96. The predicted octanol–water partition coefficient (Wildman–Crippen LogP) is 3.98. The van der Waals surface area contributed by atoms with Crippen LogP contribution in [0.15, 0.2) is 42.5 Å². The minimum atomic E-state index is -0.675. The van der Waals surface area contributed by atoms with Gasteiger partial charge in [0, 0.05) is 30.2 Å². The summed E-state index contributed by atoms with van der Waals surface area (Å²) in [7, 11) is 0. The quantitative estimate of drug-likeness (QED) is 0.772. The summed E-state index contributed by atoms with van der Waals surface area (Å²) in [5.74, 6) is -1.34. The first kappa shape index (κ1) is 19.5. The Bertz CT molecular complexity index is 765. The molecule has 2 rings (SSSR count). The van der Waals surface area contributed by atoms with Crippen molar-refractivity contribution in [3.8, 4) is 0 Å². The summed E-state index contributed by atoms with van der Waals surface area (Å²) in [5.41, 5.74) is 4.35. The van der Waals surface area contributed by atoms with Gasteiger partial charge in [-0.05, 0) is 62.6 Å². The van der Waals surface area contributed by atoms with Crippen molar-refractivity contribution < 1.29 is 9.59 Å². The number of hydrogen-bond donors (Lipinski definition) is 2. The highest BCUT2D eigenvalue weighted by molar-refractivity contribution is 6.43. The minimum absolute atomic E-state index is 0.599. The van der Waals surface area contributed by atoms with Crippen LogP contribution >= 0.6 is 0 Å². The van der Waals surface area contributed by atoms with Crippen LogP contribution in [-0.2, 0) is 16.0 Å². The Morgan fingerprint density at radius 2 is 1.50 bits per heavy atom. The molecule has 0 fully saturated rings. The van der Waals surface area contributed by atoms with Gasteiger partial charge in [-0.3, -0.25) is 9.59 Å². The van der Waals surface area contributed by atoms with Gasteiger partial charge in [0.05, 0.1) is 0 Å². The molecule has 0 saturated heterocycles. The number of nitrogens with zero attached hydrogens (tertiary/aromatic N) is 1. The van der Waals surface area contributed by atoms with Crippen LogP contribution in [0.1, 0.15) is 31.9 Å². The van der Waals surface area contributed by atoms with Gasteiger partial charge >= 0.3 is 11.8 Å². The topological polar surface area (TPSA) is 61.4 Å². The molecule has 0 aliphatic heterocycles. The zero-order chi connectivity index (χ0) is 19.1. The van der Waals surface area contributed by atoms with Crippen molar-refractivity contribution in [2.75, 3.05) is 28.6 Å². The highest BCUT2D eigenvalue weighted by atomic mass is 16.2. The highest BCUT2D eigenvalue weighted by Gasteiger charge is 2.16. The van der Waals surface area contributed by atoms with Crippen molar-refractivity contribution >= 4 is 28.9 Å². The Morgan fingerprint density at radius 1 is 0.885 bits per heavy atom. The van der Waals surface area contributed by atoms with Crippen molar-refractivity contribution in [1.82, 2.24) is 0 Å². The SMILES string of the molecule is CCc1cccc(C)c1NC(=O)C(=O)Nc1ccc(N(CC)CC)cc1. The molecule has 0 radical (unpaired) electrons. The van der Waals surface area contributed by atoms with Gasteiger partial charge in [0.25, 0.3) is 0 Å². The van der Waals surface area contributed by atoms with Crippen LogP contribution in [-0.4, -0.2) is 24.9 Å². The number of carbonyl (C=O) groups is 2. The van der Waals surface area contributed by atoms with Crippen LogP contribution in [0.2, 0.25) is 0 Å². The first-order chi connectivity index (χ1) is 12.5. The smallest absolute Gasteiger partial charge is 0.314 e. The van der Waals surface area contributed by atoms with E-state index in [4.69, 9.17) is 0 Å². The van der Waals surface area contributed by atoms with Crippen LogP contribution in [0.4, 0.5) is 17.1 Å². The molecule has 5 heteroatoms. The van der Waals surface area contributed by atoms with Gasteiger partial charge in [-0.15, -0.1) is 0 Å². The number of anilines is 3. The molecular formula is C21H27N3O2. The summed E-state index contributed by atoms with van der Waals surface area (Å²) in [6.07, 6.45) is 0.783.